The average molecular weight is 167 g/mol. The van der Waals surface area contributed by atoms with Gasteiger partial charge in [0.15, 0.2) is 0 Å². The summed E-state index contributed by atoms with van der Waals surface area (Å²) in [5, 5.41) is 6.68. The van der Waals surface area contributed by atoms with Crippen LogP contribution < -0.4 is 0 Å². The summed E-state index contributed by atoms with van der Waals surface area (Å²) in [7, 11) is 0. The summed E-state index contributed by atoms with van der Waals surface area (Å²) < 4.78 is 0. The fourth-order valence-corrected chi connectivity index (χ4v) is 1.01. The van der Waals surface area contributed by atoms with Gasteiger partial charge in [0.25, 0.3) is 0 Å². The summed E-state index contributed by atoms with van der Waals surface area (Å²) in [6.07, 6.45) is 9.16. The van der Waals surface area contributed by atoms with Crippen LogP contribution in [0.15, 0.2) is 0 Å². The molecule has 0 rings (SSSR count). The number of hydrogen-bond acceptors (Lipinski definition) is 2. The van der Waals surface area contributed by atoms with Gasteiger partial charge in [0.05, 0.1) is 6.21 Å². The Balaban J connectivity index is 3.30. The van der Waals surface area contributed by atoms with Crippen LogP contribution in [0, 0.1) is 10.8 Å². The van der Waals surface area contributed by atoms with Gasteiger partial charge in [-0.3, -0.25) is 4.79 Å². The molecule has 0 saturated carbocycles. The number of unbranched alkanes of at least 4 members (excludes halogenated alkanes) is 3. The van der Waals surface area contributed by atoms with E-state index in [0.29, 0.717) is 0 Å². The Labute approximate surface area is 74.9 Å². The molecule has 0 spiro atoms. The summed E-state index contributed by atoms with van der Waals surface area (Å²) in [5.41, 5.74) is -0.283. The Morgan fingerprint density at radius 2 is 1.92 bits per heavy atom. The van der Waals surface area contributed by atoms with Crippen LogP contribution in [0.4, 0.5) is 0 Å². The highest BCUT2D eigenvalue weighted by atomic mass is 16.1. The summed E-state index contributed by atoms with van der Waals surface area (Å²) >= 11 is 0. The molecule has 2 nitrogen and oxygen atoms in total. The molecule has 2 radical (unpaired) electrons. The quantitative estimate of drug-likeness (QED) is 0.459. The van der Waals surface area contributed by atoms with Crippen molar-refractivity contribution < 1.29 is 4.79 Å². The minimum atomic E-state index is -0.283. The van der Waals surface area contributed by atoms with Crippen molar-refractivity contribution in [3.8, 4) is 0 Å². The van der Waals surface area contributed by atoms with Crippen molar-refractivity contribution in [3.05, 3.63) is 0 Å². The molecule has 0 fully saturated rings. The van der Waals surface area contributed by atoms with Gasteiger partial charge in [0.2, 0.25) is 6.29 Å². The molecule has 0 heterocycles. The van der Waals surface area contributed by atoms with E-state index in [4.69, 9.17) is 5.41 Å². The zero-order valence-corrected chi connectivity index (χ0v) is 7.94. The van der Waals surface area contributed by atoms with Crippen molar-refractivity contribution in [1.82, 2.24) is 0 Å². The Hall–Kier alpha value is -0.660. The van der Waals surface area contributed by atoms with Gasteiger partial charge in [-0.05, 0) is 19.3 Å². The molecule has 1 N–H and O–H groups in total. The van der Waals surface area contributed by atoms with E-state index in [1.54, 1.807) is 0 Å². The highest BCUT2D eigenvalue weighted by Gasteiger charge is 2.16. The van der Waals surface area contributed by atoms with Gasteiger partial charge in [0, 0.05) is 5.41 Å². The van der Waals surface area contributed by atoms with Crippen LogP contribution in [0.3, 0.4) is 0 Å². The Kier molecular flexibility index (Phi) is 5.60. The topological polar surface area (TPSA) is 40.9 Å². The lowest BCUT2D eigenvalue weighted by Crippen LogP contribution is -2.12. The number of hydrogen-bond donors (Lipinski definition) is 1. The van der Waals surface area contributed by atoms with E-state index in [2.05, 4.69) is 6.21 Å². The lowest BCUT2D eigenvalue weighted by atomic mass is 9.89. The van der Waals surface area contributed by atoms with E-state index in [9.17, 15) is 4.79 Å². The van der Waals surface area contributed by atoms with Crippen LogP contribution in [0.25, 0.3) is 0 Å². The van der Waals surface area contributed by atoms with Crippen LogP contribution in [-0.2, 0) is 4.79 Å². The number of nitrogens with one attached hydrogen (secondary N) is 1. The molecule has 0 amide bonds. The van der Waals surface area contributed by atoms with Crippen molar-refractivity contribution in [3.63, 3.8) is 0 Å². The predicted octanol–water partition coefficient (Wildman–Crippen LogP) is 2.60. The minimum absolute atomic E-state index is 0.283. The van der Waals surface area contributed by atoms with Crippen molar-refractivity contribution in [2.45, 2.75) is 46.0 Å². The first-order valence-electron chi connectivity index (χ1n) is 4.41. The Morgan fingerprint density at radius 3 is 2.42 bits per heavy atom. The van der Waals surface area contributed by atoms with Crippen LogP contribution in [0.1, 0.15) is 46.0 Å². The van der Waals surface area contributed by atoms with Crippen molar-refractivity contribution >= 4 is 12.5 Å². The first-order chi connectivity index (χ1) is 5.62. The molecular weight excluding hydrogens is 150 g/mol. The molecule has 0 atom stereocenters. The molecule has 0 aliphatic carbocycles. The number of rotatable bonds is 7. The molecule has 0 unspecified atom stereocenters. The van der Waals surface area contributed by atoms with Gasteiger partial charge < -0.3 is 5.41 Å². The molecule has 0 aliphatic heterocycles. The zero-order valence-electron chi connectivity index (χ0n) is 7.94. The highest BCUT2D eigenvalue weighted by Crippen LogP contribution is 2.20. The van der Waals surface area contributed by atoms with Crippen LogP contribution in [0.5, 0.6) is 0 Å². The van der Waals surface area contributed by atoms with E-state index in [0.717, 1.165) is 32.1 Å². The molecule has 0 bridgehead atoms. The second kappa shape index (κ2) is 5.92. The van der Waals surface area contributed by atoms with Crippen LogP contribution >= 0.6 is 0 Å². The maximum atomic E-state index is 10.4. The maximum Gasteiger partial charge on any atom is 0.204 e. The van der Waals surface area contributed by atoms with E-state index in [1.807, 2.05) is 20.1 Å². The van der Waals surface area contributed by atoms with Gasteiger partial charge in [-0.1, -0.05) is 26.7 Å². The first kappa shape index (κ1) is 11.3. The lowest BCUT2D eigenvalue weighted by molar-refractivity contribution is 0.406. The lowest BCUT2D eigenvalue weighted by Gasteiger charge is -2.14. The summed E-state index contributed by atoms with van der Waals surface area (Å²) in [5.74, 6) is 0. The van der Waals surface area contributed by atoms with Crippen molar-refractivity contribution in [2.75, 3.05) is 0 Å². The van der Waals surface area contributed by atoms with Gasteiger partial charge >= 0.3 is 0 Å². The third kappa shape index (κ3) is 6.08. The SMILES string of the molecule is CC(C)([C]=O)CCCCC[C]=N. The largest absolute Gasteiger partial charge is 0.303 e. The second-order valence-electron chi connectivity index (χ2n) is 3.72. The third-order valence-corrected chi connectivity index (χ3v) is 1.88. The molecule has 12 heavy (non-hydrogen) atoms. The van der Waals surface area contributed by atoms with Crippen LogP contribution in [0.2, 0.25) is 0 Å². The van der Waals surface area contributed by atoms with E-state index in [1.165, 1.54) is 0 Å². The smallest absolute Gasteiger partial charge is 0.204 e. The van der Waals surface area contributed by atoms with Crippen molar-refractivity contribution in [2.24, 2.45) is 5.41 Å². The first-order valence-corrected chi connectivity index (χ1v) is 4.41. The monoisotopic (exact) mass is 167 g/mol. The van der Waals surface area contributed by atoms with Gasteiger partial charge in [-0.2, -0.15) is 0 Å². The minimum Gasteiger partial charge on any atom is -0.303 e. The summed E-state index contributed by atoms with van der Waals surface area (Å²) in [4.78, 5) is 10.4. The van der Waals surface area contributed by atoms with Gasteiger partial charge in [-0.15, -0.1) is 0 Å². The predicted molar refractivity (Wildman–Crippen MR) is 50.3 cm³/mol. The molecule has 0 aliphatic rings. The third-order valence-electron chi connectivity index (χ3n) is 1.88. The van der Waals surface area contributed by atoms with E-state index < -0.39 is 0 Å². The van der Waals surface area contributed by atoms with E-state index in [-0.39, 0.29) is 5.41 Å². The van der Waals surface area contributed by atoms with Gasteiger partial charge in [-0.25, -0.2) is 0 Å². The standard InChI is InChI=1S/C10H17NO/c1-10(2,9-12)7-5-3-4-6-8-11/h11H,3-7H2,1-2H3. The maximum absolute atomic E-state index is 10.4. The summed E-state index contributed by atoms with van der Waals surface area (Å²) in [6, 6.07) is 0. The molecule has 0 saturated heterocycles. The second-order valence-corrected chi connectivity index (χ2v) is 3.72. The number of carbonyl (C=O) groups excluding carboxylic acids is 1. The Bertz CT molecular complexity index is 141. The van der Waals surface area contributed by atoms with Crippen LogP contribution in [-0.4, -0.2) is 12.5 Å². The molecule has 68 valence electrons. The van der Waals surface area contributed by atoms with E-state index >= 15 is 0 Å². The molecule has 0 aromatic carbocycles. The average Bonchev–Trinajstić information content (AvgIpc) is 2.04. The molecule has 0 aromatic rings. The Morgan fingerprint density at radius 1 is 1.25 bits per heavy atom. The van der Waals surface area contributed by atoms with Crippen molar-refractivity contribution in [1.29, 1.82) is 5.41 Å². The fraction of sp³-hybridized carbons (Fsp3) is 0.800. The molecular formula is C10H17NO. The summed E-state index contributed by atoms with van der Waals surface area (Å²) in [6.45, 7) is 3.81. The molecule has 0 aromatic heterocycles. The zero-order chi connectivity index (χ0) is 9.45. The molecule has 2 heteroatoms. The normalized spacial score (nSPS) is 11.2. The highest BCUT2D eigenvalue weighted by molar-refractivity contribution is 5.58. The fourth-order valence-electron chi connectivity index (χ4n) is 1.01. The van der Waals surface area contributed by atoms with Gasteiger partial charge in [0.1, 0.15) is 0 Å².